The summed E-state index contributed by atoms with van der Waals surface area (Å²) < 4.78 is 1.49. The molecule has 2 aliphatic rings. The number of amides is 2. The first-order valence-corrected chi connectivity index (χ1v) is 11.5. The van der Waals surface area contributed by atoms with Crippen molar-refractivity contribution in [3.8, 4) is 0 Å². The molecule has 4 heterocycles. The van der Waals surface area contributed by atoms with Crippen LogP contribution in [0.25, 0.3) is 0 Å². The van der Waals surface area contributed by atoms with Crippen LogP contribution in [0.4, 0.5) is 5.13 Å². The Hall–Kier alpha value is -2.65. The van der Waals surface area contributed by atoms with Gasteiger partial charge in [0, 0.05) is 23.9 Å². The maximum atomic E-state index is 12.7. The van der Waals surface area contributed by atoms with Gasteiger partial charge < -0.3 is 16.2 Å². The number of carboxylic acid groups (broad SMARTS) is 1. The van der Waals surface area contributed by atoms with Crippen LogP contribution in [-0.2, 0) is 27.9 Å². The number of aliphatic carboxylic acids is 1. The standard InChI is InChI=1S/C15H16N8O4S3/c1-22-15(19-20-21-22)30-4-6-3-28-12-9(11(25)23(12)10(6)13(26)27)18-8(24)2-7-5-29-14(16)17-7/h5,9,12H,2-4H2,1H3,(H2,16,17)(H,18,24)(H,26,27)/t9-,12?/m1/s1. The minimum atomic E-state index is -1.18. The second kappa shape index (κ2) is 8.23. The van der Waals surface area contributed by atoms with Crippen molar-refractivity contribution in [1.82, 2.24) is 35.4 Å². The number of nitrogens with one attached hydrogen (secondary N) is 1. The third-order valence-electron chi connectivity index (χ3n) is 4.43. The highest BCUT2D eigenvalue weighted by Gasteiger charge is 2.54. The summed E-state index contributed by atoms with van der Waals surface area (Å²) in [7, 11) is 1.69. The smallest absolute Gasteiger partial charge is 0.352 e. The van der Waals surface area contributed by atoms with Gasteiger partial charge in [-0.05, 0) is 16.0 Å². The molecule has 0 radical (unpaired) electrons. The molecule has 4 N–H and O–H groups in total. The second-order valence-corrected chi connectivity index (χ2v) is 9.38. The number of aryl methyl sites for hydroxylation is 1. The van der Waals surface area contributed by atoms with Gasteiger partial charge in [0.05, 0.1) is 12.1 Å². The zero-order valence-electron chi connectivity index (χ0n) is 15.5. The molecule has 12 nitrogen and oxygen atoms in total. The number of nitrogens with two attached hydrogens (primary N) is 1. The number of β-lactam (4-membered cyclic amide) rings is 1. The number of hydrogen-bond acceptors (Lipinski definition) is 11. The summed E-state index contributed by atoms with van der Waals surface area (Å²) in [5.74, 6) is -1.23. The van der Waals surface area contributed by atoms with Crippen LogP contribution in [0.2, 0.25) is 0 Å². The molecule has 0 spiro atoms. The predicted molar refractivity (Wildman–Crippen MR) is 109 cm³/mol. The first kappa shape index (κ1) is 20.6. The number of thiazole rings is 1. The van der Waals surface area contributed by atoms with Crippen LogP contribution >= 0.6 is 34.9 Å². The van der Waals surface area contributed by atoms with Gasteiger partial charge in [-0.2, -0.15) is 0 Å². The van der Waals surface area contributed by atoms with Gasteiger partial charge in [-0.1, -0.05) is 11.8 Å². The van der Waals surface area contributed by atoms with E-state index in [1.165, 1.54) is 44.4 Å². The molecule has 2 aromatic rings. The van der Waals surface area contributed by atoms with E-state index in [-0.39, 0.29) is 18.0 Å². The molecule has 2 aliphatic heterocycles. The lowest BCUT2D eigenvalue weighted by Crippen LogP contribution is -2.70. The maximum Gasteiger partial charge on any atom is 0.352 e. The first-order chi connectivity index (χ1) is 14.3. The van der Waals surface area contributed by atoms with Crippen LogP contribution in [0.1, 0.15) is 5.69 Å². The average Bonchev–Trinajstić information content (AvgIpc) is 3.31. The third kappa shape index (κ3) is 3.87. The number of aromatic nitrogens is 5. The molecule has 158 valence electrons. The summed E-state index contributed by atoms with van der Waals surface area (Å²) in [6.07, 6.45) is 0.00409. The Morgan fingerprint density at radius 3 is 2.90 bits per heavy atom. The van der Waals surface area contributed by atoms with Crippen molar-refractivity contribution < 1.29 is 19.5 Å². The quantitative estimate of drug-likeness (QED) is 0.348. The topological polar surface area (TPSA) is 169 Å². The van der Waals surface area contributed by atoms with Gasteiger partial charge in [0.15, 0.2) is 5.13 Å². The van der Waals surface area contributed by atoms with Crippen molar-refractivity contribution in [2.24, 2.45) is 7.05 Å². The van der Waals surface area contributed by atoms with E-state index in [4.69, 9.17) is 5.73 Å². The second-order valence-electron chi connectivity index (χ2n) is 6.44. The zero-order chi connectivity index (χ0) is 21.4. The highest BCUT2D eigenvalue weighted by Crippen LogP contribution is 2.41. The highest BCUT2D eigenvalue weighted by molar-refractivity contribution is 8.01. The number of thioether (sulfide) groups is 2. The fraction of sp³-hybridized carbons (Fsp3) is 0.400. The molecule has 1 unspecified atom stereocenters. The first-order valence-electron chi connectivity index (χ1n) is 8.59. The molecule has 2 amide bonds. The summed E-state index contributed by atoms with van der Waals surface area (Å²) in [6.45, 7) is 0. The molecule has 0 aromatic carbocycles. The third-order valence-corrected chi connectivity index (χ3v) is 7.59. The normalized spacial score (nSPS) is 20.7. The summed E-state index contributed by atoms with van der Waals surface area (Å²) >= 11 is 3.94. The SMILES string of the molecule is Cn1nnnc1SCC1=C(C(=O)O)N2C(=O)[C@@H](NC(=O)Cc3csc(N)n3)C2SC1. The molecule has 0 saturated carbocycles. The van der Waals surface area contributed by atoms with E-state index in [2.05, 4.69) is 25.8 Å². The number of carbonyl (C=O) groups is 3. The fourth-order valence-electron chi connectivity index (χ4n) is 3.08. The molecule has 1 fully saturated rings. The summed E-state index contributed by atoms with van der Waals surface area (Å²) in [5, 5.41) is 25.7. The fourth-order valence-corrected chi connectivity index (χ4v) is 5.98. The van der Waals surface area contributed by atoms with Gasteiger partial charge in [0.1, 0.15) is 17.1 Å². The van der Waals surface area contributed by atoms with E-state index < -0.39 is 23.3 Å². The van der Waals surface area contributed by atoms with Crippen LogP contribution in [0.3, 0.4) is 0 Å². The van der Waals surface area contributed by atoms with Gasteiger partial charge >= 0.3 is 5.97 Å². The number of carbonyl (C=O) groups excluding carboxylic acids is 2. The predicted octanol–water partition coefficient (Wildman–Crippen LogP) is -0.678. The minimum absolute atomic E-state index is 0.00409. The van der Waals surface area contributed by atoms with Crippen molar-refractivity contribution in [3.05, 3.63) is 22.3 Å². The number of fused-ring (bicyclic) bond motifs is 1. The van der Waals surface area contributed by atoms with Gasteiger partial charge in [0.25, 0.3) is 5.91 Å². The molecule has 0 aliphatic carbocycles. The van der Waals surface area contributed by atoms with Crippen LogP contribution in [-0.4, -0.2) is 75.9 Å². The molecule has 1 saturated heterocycles. The lowest BCUT2D eigenvalue weighted by molar-refractivity contribution is -0.150. The lowest BCUT2D eigenvalue weighted by Gasteiger charge is -2.49. The monoisotopic (exact) mass is 468 g/mol. The minimum Gasteiger partial charge on any atom is -0.477 e. The Morgan fingerprint density at radius 1 is 1.47 bits per heavy atom. The van der Waals surface area contributed by atoms with Crippen LogP contribution in [0.15, 0.2) is 21.8 Å². The van der Waals surface area contributed by atoms with E-state index in [9.17, 15) is 19.5 Å². The van der Waals surface area contributed by atoms with Crippen molar-refractivity contribution >= 4 is 57.8 Å². The number of nitrogens with zero attached hydrogens (tertiary/aromatic N) is 6. The van der Waals surface area contributed by atoms with E-state index in [1.807, 2.05) is 0 Å². The van der Waals surface area contributed by atoms with E-state index in [0.717, 1.165) is 0 Å². The summed E-state index contributed by atoms with van der Waals surface area (Å²) in [5.41, 5.74) is 6.65. The Labute approximate surface area is 182 Å². The molecule has 15 heteroatoms. The van der Waals surface area contributed by atoms with Crippen LogP contribution in [0, 0.1) is 0 Å². The number of tetrazole rings is 1. The number of hydrogen-bond donors (Lipinski definition) is 3. The van der Waals surface area contributed by atoms with Crippen molar-refractivity contribution in [2.75, 3.05) is 17.2 Å². The van der Waals surface area contributed by atoms with Gasteiger partial charge in [-0.25, -0.2) is 14.5 Å². The van der Waals surface area contributed by atoms with Crippen molar-refractivity contribution in [1.29, 1.82) is 0 Å². The molecule has 30 heavy (non-hydrogen) atoms. The van der Waals surface area contributed by atoms with E-state index in [0.29, 0.717) is 33.1 Å². The average molecular weight is 469 g/mol. The Balaban J connectivity index is 1.44. The summed E-state index contributed by atoms with van der Waals surface area (Å²) in [4.78, 5) is 42.1. The number of rotatable bonds is 7. The van der Waals surface area contributed by atoms with Crippen molar-refractivity contribution in [3.63, 3.8) is 0 Å². The van der Waals surface area contributed by atoms with Gasteiger partial charge in [0.2, 0.25) is 11.1 Å². The Morgan fingerprint density at radius 2 is 2.27 bits per heavy atom. The van der Waals surface area contributed by atoms with Gasteiger partial charge in [-0.15, -0.1) is 28.2 Å². The number of carboxylic acids is 1. The summed E-state index contributed by atoms with van der Waals surface area (Å²) in [6, 6.07) is -0.773. The Kier molecular flexibility index (Phi) is 5.66. The van der Waals surface area contributed by atoms with Crippen LogP contribution < -0.4 is 11.1 Å². The van der Waals surface area contributed by atoms with Crippen LogP contribution in [0.5, 0.6) is 0 Å². The molecule has 4 rings (SSSR count). The lowest BCUT2D eigenvalue weighted by atomic mass is 10.0. The largest absolute Gasteiger partial charge is 0.477 e. The van der Waals surface area contributed by atoms with Crippen molar-refractivity contribution in [2.45, 2.75) is 23.0 Å². The molecule has 2 aromatic heterocycles. The van der Waals surface area contributed by atoms with E-state index in [1.54, 1.807) is 12.4 Å². The molecular weight excluding hydrogens is 452 g/mol. The molecule has 2 atom stereocenters. The highest BCUT2D eigenvalue weighted by atomic mass is 32.2. The van der Waals surface area contributed by atoms with Gasteiger partial charge in [-0.3, -0.25) is 14.5 Å². The molecular formula is C15H16N8O4S3. The Bertz CT molecular complexity index is 1050. The molecule has 0 bridgehead atoms. The zero-order valence-corrected chi connectivity index (χ0v) is 18.0. The number of nitrogen functional groups attached to an aromatic ring is 1. The van der Waals surface area contributed by atoms with E-state index >= 15 is 0 Å². The number of anilines is 1. The maximum absolute atomic E-state index is 12.7.